The monoisotopic (exact) mass is 275 g/mol. The molecule has 1 rings (SSSR count). The molecule has 0 bridgehead atoms. The molecular weight excluding hydrogens is 258 g/mol. The third-order valence-corrected chi connectivity index (χ3v) is 4.38. The molecule has 1 aromatic carbocycles. The summed E-state index contributed by atoms with van der Waals surface area (Å²) in [5.74, 6) is 0.539. The van der Waals surface area contributed by atoms with Crippen molar-refractivity contribution in [2.45, 2.75) is 37.6 Å². The van der Waals surface area contributed by atoms with Gasteiger partial charge in [-0.15, -0.1) is 11.6 Å². The van der Waals surface area contributed by atoms with Crippen LogP contribution in [-0.2, 0) is 16.4 Å². The van der Waals surface area contributed by atoms with E-state index in [2.05, 4.69) is 4.72 Å². The summed E-state index contributed by atoms with van der Waals surface area (Å²) in [4.78, 5) is 0.302. The van der Waals surface area contributed by atoms with Crippen LogP contribution in [0, 0.1) is 0 Å². The molecule has 0 aromatic heterocycles. The first-order valence-electron chi connectivity index (χ1n) is 5.67. The van der Waals surface area contributed by atoms with Gasteiger partial charge in [0.1, 0.15) is 0 Å². The van der Waals surface area contributed by atoms with E-state index >= 15 is 0 Å². The molecule has 17 heavy (non-hydrogen) atoms. The Bertz CT molecular complexity index is 442. The largest absolute Gasteiger partial charge is 0.240 e. The van der Waals surface area contributed by atoms with Crippen molar-refractivity contribution in [3.63, 3.8) is 0 Å². The molecule has 0 aliphatic heterocycles. The zero-order chi connectivity index (χ0) is 12.9. The van der Waals surface area contributed by atoms with Gasteiger partial charge in [-0.1, -0.05) is 19.1 Å². The minimum absolute atomic E-state index is 0.0532. The topological polar surface area (TPSA) is 46.2 Å². The molecule has 1 N–H and O–H groups in total. The van der Waals surface area contributed by atoms with Crippen LogP contribution in [0.5, 0.6) is 0 Å². The first kappa shape index (κ1) is 14.5. The molecule has 0 fully saturated rings. The molecule has 0 saturated heterocycles. The highest BCUT2D eigenvalue weighted by molar-refractivity contribution is 7.89. The summed E-state index contributed by atoms with van der Waals surface area (Å²) in [6, 6.07) is 6.78. The summed E-state index contributed by atoms with van der Waals surface area (Å²) < 4.78 is 26.5. The van der Waals surface area contributed by atoms with Gasteiger partial charge < -0.3 is 0 Å². The van der Waals surface area contributed by atoms with E-state index in [-0.39, 0.29) is 6.04 Å². The van der Waals surface area contributed by atoms with Gasteiger partial charge >= 0.3 is 0 Å². The lowest BCUT2D eigenvalue weighted by molar-refractivity contribution is 0.556. The summed E-state index contributed by atoms with van der Waals surface area (Å²) in [5, 5.41) is 0. The van der Waals surface area contributed by atoms with Gasteiger partial charge in [-0.3, -0.25) is 0 Å². The van der Waals surface area contributed by atoms with Gasteiger partial charge in [-0.25, -0.2) is 13.1 Å². The van der Waals surface area contributed by atoms with Gasteiger partial charge in [-0.05, 0) is 37.5 Å². The number of nitrogens with one attached hydrogen (secondary N) is 1. The van der Waals surface area contributed by atoms with Crippen molar-refractivity contribution in [3.8, 4) is 0 Å². The lowest BCUT2D eigenvalue weighted by atomic mass is 10.2. The molecule has 0 heterocycles. The lowest BCUT2D eigenvalue weighted by Crippen LogP contribution is -2.31. The zero-order valence-corrected chi connectivity index (χ0v) is 11.7. The molecule has 0 amide bonds. The molecule has 0 aliphatic carbocycles. The van der Waals surface area contributed by atoms with Crippen LogP contribution in [0.3, 0.4) is 0 Å². The van der Waals surface area contributed by atoms with Crippen LogP contribution in [0.15, 0.2) is 29.2 Å². The molecule has 3 nitrogen and oxygen atoms in total. The van der Waals surface area contributed by atoms with E-state index in [1.54, 1.807) is 24.3 Å². The van der Waals surface area contributed by atoms with E-state index in [9.17, 15) is 8.42 Å². The fraction of sp³-hybridized carbons (Fsp3) is 0.500. The summed E-state index contributed by atoms with van der Waals surface area (Å²) in [6.07, 6.45) is 1.52. The first-order valence-corrected chi connectivity index (χ1v) is 7.68. The Balaban J connectivity index is 2.85. The van der Waals surface area contributed by atoms with E-state index < -0.39 is 10.0 Å². The maximum atomic E-state index is 11.9. The third-order valence-electron chi connectivity index (χ3n) is 2.59. The van der Waals surface area contributed by atoms with Crippen LogP contribution in [0.2, 0.25) is 0 Å². The zero-order valence-electron chi connectivity index (χ0n) is 10.1. The standard InChI is InChI=1S/C12H18ClNO2S/c1-3-10(2)14-17(15,16)12-6-4-11(5-7-12)8-9-13/h4-7,10,14H,3,8-9H2,1-2H3/t10-/m0/s1. The normalized spacial score (nSPS) is 13.6. The number of hydrogen-bond acceptors (Lipinski definition) is 2. The minimum atomic E-state index is -3.39. The molecule has 0 spiro atoms. The van der Waals surface area contributed by atoms with Crippen molar-refractivity contribution in [3.05, 3.63) is 29.8 Å². The molecule has 0 saturated carbocycles. The molecular formula is C12H18ClNO2S. The lowest BCUT2D eigenvalue weighted by Gasteiger charge is -2.12. The quantitative estimate of drug-likeness (QED) is 0.811. The van der Waals surface area contributed by atoms with Crippen molar-refractivity contribution in [1.29, 1.82) is 0 Å². The molecule has 0 unspecified atom stereocenters. The van der Waals surface area contributed by atoms with Crippen LogP contribution in [-0.4, -0.2) is 20.3 Å². The van der Waals surface area contributed by atoms with E-state index in [0.29, 0.717) is 10.8 Å². The Labute approximate surface area is 108 Å². The van der Waals surface area contributed by atoms with Gasteiger partial charge in [0.2, 0.25) is 10.0 Å². The van der Waals surface area contributed by atoms with E-state index in [1.165, 1.54) is 0 Å². The Hall–Kier alpha value is -0.580. The highest BCUT2D eigenvalue weighted by Gasteiger charge is 2.15. The second-order valence-electron chi connectivity index (χ2n) is 4.01. The van der Waals surface area contributed by atoms with Gasteiger partial charge in [-0.2, -0.15) is 0 Å². The van der Waals surface area contributed by atoms with Crippen LogP contribution in [0.25, 0.3) is 0 Å². The Kier molecular flexibility index (Phi) is 5.43. The van der Waals surface area contributed by atoms with Crippen molar-refractivity contribution in [2.75, 3.05) is 5.88 Å². The second kappa shape index (κ2) is 6.38. The van der Waals surface area contributed by atoms with Crippen molar-refractivity contribution in [1.82, 2.24) is 4.72 Å². The average Bonchev–Trinajstić information content (AvgIpc) is 2.29. The highest BCUT2D eigenvalue weighted by Crippen LogP contribution is 2.12. The first-order chi connectivity index (χ1) is 7.99. The summed E-state index contributed by atoms with van der Waals surface area (Å²) in [6.45, 7) is 3.79. The van der Waals surface area contributed by atoms with Crippen molar-refractivity contribution in [2.24, 2.45) is 0 Å². The van der Waals surface area contributed by atoms with Crippen LogP contribution in [0.1, 0.15) is 25.8 Å². The van der Waals surface area contributed by atoms with Crippen LogP contribution < -0.4 is 4.72 Å². The maximum absolute atomic E-state index is 11.9. The number of halogens is 1. The fourth-order valence-corrected chi connectivity index (χ4v) is 2.91. The van der Waals surface area contributed by atoms with Crippen LogP contribution in [0.4, 0.5) is 0 Å². The molecule has 0 aliphatic rings. The fourth-order valence-electron chi connectivity index (χ4n) is 1.36. The summed E-state index contributed by atoms with van der Waals surface area (Å²) in [7, 11) is -3.39. The maximum Gasteiger partial charge on any atom is 0.240 e. The Morgan fingerprint density at radius 3 is 2.35 bits per heavy atom. The minimum Gasteiger partial charge on any atom is -0.208 e. The smallest absolute Gasteiger partial charge is 0.208 e. The number of hydrogen-bond donors (Lipinski definition) is 1. The highest BCUT2D eigenvalue weighted by atomic mass is 35.5. The van der Waals surface area contributed by atoms with Crippen molar-refractivity contribution < 1.29 is 8.42 Å². The molecule has 5 heteroatoms. The summed E-state index contributed by atoms with van der Waals surface area (Å²) >= 11 is 5.62. The number of alkyl halides is 1. The predicted octanol–water partition coefficient (Wildman–Crippen LogP) is 2.54. The van der Waals surface area contributed by atoms with Crippen molar-refractivity contribution >= 4 is 21.6 Å². The van der Waals surface area contributed by atoms with E-state index in [1.807, 2.05) is 13.8 Å². The molecule has 1 atom stereocenters. The van der Waals surface area contributed by atoms with Gasteiger partial charge in [0.25, 0.3) is 0 Å². The van der Waals surface area contributed by atoms with E-state index in [4.69, 9.17) is 11.6 Å². The van der Waals surface area contributed by atoms with E-state index in [0.717, 1.165) is 18.4 Å². The SMILES string of the molecule is CC[C@H](C)NS(=O)(=O)c1ccc(CCCl)cc1. The predicted molar refractivity (Wildman–Crippen MR) is 70.9 cm³/mol. The molecule has 96 valence electrons. The van der Waals surface area contributed by atoms with Gasteiger partial charge in [0.05, 0.1) is 4.90 Å². The Morgan fingerprint density at radius 2 is 1.88 bits per heavy atom. The number of sulfonamides is 1. The van der Waals surface area contributed by atoms with Gasteiger partial charge in [0, 0.05) is 11.9 Å². The average molecular weight is 276 g/mol. The third kappa shape index (κ3) is 4.30. The number of aryl methyl sites for hydroxylation is 1. The molecule has 1 aromatic rings. The summed E-state index contributed by atoms with van der Waals surface area (Å²) in [5.41, 5.74) is 1.04. The van der Waals surface area contributed by atoms with Crippen LogP contribution >= 0.6 is 11.6 Å². The van der Waals surface area contributed by atoms with Gasteiger partial charge in [0.15, 0.2) is 0 Å². The number of benzene rings is 1. The Morgan fingerprint density at radius 1 is 1.29 bits per heavy atom. The number of rotatable bonds is 6. The second-order valence-corrected chi connectivity index (χ2v) is 6.11. The molecule has 0 radical (unpaired) electrons.